The molecule has 26 heavy (non-hydrogen) atoms. The molecule has 0 aliphatic carbocycles. The van der Waals surface area contributed by atoms with E-state index in [1.54, 1.807) is 32.0 Å². The maximum atomic E-state index is 12.4. The fraction of sp³-hybridized carbons (Fsp3) is 0.333. The normalized spacial score (nSPS) is 11.6. The second kappa shape index (κ2) is 8.52. The number of benzene rings is 2. The molecule has 2 aromatic carbocycles. The van der Waals surface area contributed by atoms with Crippen LogP contribution in [0.4, 0.5) is 5.69 Å². The first-order valence-electron chi connectivity index (χ1n) is 8.64. The molecule has 0 aliphatic rings. The number of esters is 1. The van der Waals surface area contributed by atoms with E-state index >= 15 is 0 Å². The fourth-order valence-corrected chi connectivity index (χ4v) is 2.56. The number of carbonyl (C=O) groups excluding carboxylic acids is 2. The van der Waals surface area contributed by atoms with Crippen molar-refractivity contribution in [2.75, 3.05) is 11.9 Å². The summed E-state index contributed by atoms with van der Waals surface area (Å²) in [5.41, 5.74) is 4.01. The number of amides is 1. The van der Waals surface area contributed by atoms with Crippen LogP contribution in [0.3, 0.4) is 0 Å². The molecule has 0 saturated carbocycles. The van der Waals surface area contributed by atoms with Gasteiger partial charge in [-0.05, 0) is 70.0 Å². The first kappa shape index (κ1) is 19.5. The van der Waals surface area contributed by atoms with Crippen LogP contribution in [0.1, 0.15) is 40.9 Å². The Morgan fingerprint density at radius 1 is 1.04 bits per heavy atom. The first-order chi connectivity index (χ1) is 12.3. The number of hydrogen-bond donors (Lipinski definition) is 1. The average molecular weight is 355 g/mol. The van der Waals surface area contributed by atoms with Crippen LogP contribution in [-0.4, -0.2) is 24.6 Å². The standard InChI is InChI=1S/C21H25NO4/c1-6-25-21(24)17-8-9-18(14(3)12-17)22-20(23)16(5)26-19-10-7-13(2)11-15(19)4/h7-12,16H,6H2,1-5H3,(H,22,23)/t16-/m0/s1. The molecule has 2 aromatic rings. The Morgan fingerprint density at radius 2 is 1.77 bits per heavy atom. The van der Waals surface area contributed by atoms with Crippen molar-refractivity contribution in [3.8, 4) is 5.75 Å². The average Bonchev–Trinajstić information content (AvgIpc) is 2.59. The number of carbonyl (C=O) groups is 2. The maximum Gasteiger partial charge on any atom is 0.338 e. The van der Waals surface area contributed by atoms with Crippen LogP contribution >= 0.6 is 0 Å². The van der Waals surface area contributed by atoms with Gasteiger partial charge in [-0.25, -0.2) is 4.79 Å². The van der Waals surface area contributed by atoms with E-state index in [-0.39, 0.29) is 11.9 Å². The zero-order valence-corrected chi connectivity index (χ0v) is 15.9. The molecule has 138 valence electrons. The van der Waals surface area contributed by atoms with Crippen molar-refractivity contribution in [2.24, 2.45) is 0 Å². The van der Waals surface area contributed by atoms with E-state index in [0.717, 1.165) is 16.7 Å². The lowest BCUT2D eigenvalue weighted by molar-refractivity contribution is -0.122. The Morgan fingerprint density at radius 3 is 2.38 bits per heavy atom. The van der Waals surface area contributed by atoms with E-state index in [0.29, 0.717) is 23.6 Å². The second-order valence-electron chi connectivity index (χ2n) is 6.27. The van der Waals surface area contributed by atoms with Gasteiger partial charge in [0.25, 0.3) is 5.91 Å². The minimum Gasteiger partial charge on any atom is -0.481 e. The number of anilines is 1. The molecular weight excluding hydrogens is 330 g/mol. The predicted molar refractivity (Wildman–Crippen MR) is 102 cm³/mol. The summed E-state index contributed by atoms with van der Waals surface area (Å²) in [4.78, 5) is 24.2. The molecule has 5 nitrogen and oxygen atoms in total. The molecule has 0 unspecified atom stereocenters. The molecule has 0 aliphatic heterocycles. The molecule has 0 spiro atoms. The molecule has 5 heteroatoms. The van der Waals surface area contributed by atoms with Crippen molar-refractivity contribution in [2.45, 2.75) is 40.7 Å². The molecule has 0 aromatic heterocycles. The Balaban J connectivity index is 2.05. The molecule has 0 radical (unpaired) electrons. The van der Waals surface area contributed by atoms with Crippen LogP contribution in [-0.2, 0) is 9.53 Å². The summed E-state index contributed by atoms with van der Waals surface area (Å²) in [5, 5.41) is 2.84. The first-order valence-corrected chi connectivity index (χ1v) is 8.64. The molecule has 2 rings (SSSR count). The van der Waals surface area contributed by atoms with Crippen LogP contribution in [0.15, 0.2) is 36.4 Å². The topological polar surface area (TPSA) is 64.6 Å². The van der Waals surface area contributed by atoms with Crippen molar-refractivity contribution in [3.05, 3.63) is 58.7 Å². The monoisotopic (exact) mass is 355 g/mol. The van der Waals surface area contributed by atoms with Gasteiger partial charge in [-0.3, -0.25) is 4.79 Å². The number of hydrogen-bond acceptors (Lipinski definition) is 4. The number of rotatable bonds is 6. The van der Waals surface area contributed by atoms with Gasteiger partial charge >= 0.3 is 5.97 Å². The van der Waals surface area contributed by atoms with E-state index < -0.39 is 6.10 Å². The van der Waals surface area contributed by atoms with Gasteiger partial charge in [0.1, 0.15) is 5.75 Å². The number of nitrogens with one attached hydrogen (secondary N) is 1. The molecule has 0 heterocycles. The second-order valence-corrected chi connectivity index (χ2v) is 6.27. The van der Waals surface area contributed by atoms with Gasteiger partial charge in [-0.1, -0.05) is 17.7 Å². The van der Waals surface area contributed by atoms with E-state index in [2.05, 4.69) is 5.32 Å². The van der Waals surface area contributed by atoms with Gasteiger partial charge in [0.05, 0.1) is 12.2 Å². The number of ether oxygens (including phenoxy) is 2. The van der Waals surface area contributed by atoms with Gasteiger partial charge in [0.15, 0.2) is 6.10 Å². The van der Waals surface area contributed by atoms with Crippen LogP contribution in [0.5, 0.6) is 5.75 Å². The van der Waals surface area contributed by atoms with Crippen molar-refractivity contribution in [1.82, 2.24) is 0 Å². The largest absolute Gasteiger partial charge is 0.481 e. The summed E-state index contributed by atoms with van der Waals surface area (Å²) in [5.74, 6) is 0.0598. The van der Waals surface area contributed by atoms with E-state index in [1.165, 1.54) is 0 Å². The summed E-state index contributed by atoms with van der Waals surface area (Å²) in [6.45, 7) is 9.58. The van der Waals surface area contributed by atoms with Gasteiger partial charge in [0, 0.05) is 5.69 Å². The van der Waals surface area contributed by atoms with Crippen LogP contribution < -0.4 is 10.1 Å². The van der Waals surface area contributed by atoms with Crippen molar-refractivity contribution in [3.63, 3.8) is 0 Å². The zero-order valence-electron chi connectivity index (χ0n) is 15.9. The lowest BCUT2D eigenvalue weighted by Gasteiger charge is -2.17. The third kappa shape index (κ3) is 4.85. The Labute approximate surface area is 154 Å². The molecule has 1 amide bonds. The predicted octanol–water partition coefficient (Wildman–Crippen LogP) is 4.19. The van der Waals surface area contributed by atoms with E-state index in [1.807, 2.05) is 39.0 Å². The van der Waals surface area contributed by atoms with Gasteiger partial charge in [0.2, 0.25) is 0 Å². The SMILES string of the molecule is CCOC(=O)c1ccc(NC(=O)[C@H](C)Oc2ccc(C)cc2C)c(C)c1. The number of aryl methyl sites for hydroxylation is 3. The minimum atomic E-state index is -0.652. The third-order valence-corrected chi connectivity index (χ3v) is 4.00. The van der Waals surface area contributed by atoms with Gasteiger partial charge < -0.3 is 14.8 Å². The zero-order chi connectivity index (χ0) is 19.3. The molecular formula is C21H25NO4. The minimum absolute atomic E-state index is 0.253. The summed E-state index contributed by atoms with van der Waals surface area (Å²) in [6.07, 6.45) is -0.652. The van der Waals surface area contributed by atoms with Gasteiger partial charge in [-0.2, -0.15) is 0 Å². The fourth-order valence-electron chi connectivity index (χ4n) is 2.56. The van der Waals surface area contributed by atoms with E-state index in [4.69, 9.17) is 9.47 Å². The summed E-state index contributed by atoms with van der Waals surface area (Å²) >= 11 is 0. The van der Waals surface area contributed by atoms with Gasteiger partial charge in [-0.15, -0.1) is 0 Å². The molecule has 0 fully saturated rings. The highest BCUT2D eigenvalue weighted by Gasteiger charge is 2.17. The summed E-state index contributed by atoms with van der Waals surface area (Å²) in [7, 11) is 0. The van der Waals surface area contributed by atoms with Crippen LogP contribution in [0.25, 0.3) is 0 Å². The maximum absolute atomic E-state index is 12.4. The highest BCUT2D eigenvalue weighted by Crippen LogP contribution is 2.21. The molecule has 1 N–H and O–H groups in total. The lowest BCUT2D eigenvalue weighted by atomic mass is 10.1. The lowest BCUT2D eigenvalue weighted by Crippen LogP contribution is -2.30. The van der Waals surface area contributed by atoms with Crippen molar-refractivity contribution in [1.29, 1.82) is 0 Å². The van der Waals surface area contributed by atoms with Crippen molar-refractivity contribution >= 4 is 17.6 Å². The summed E-state index contributed by atoms with van der Waals surface area (Å²) in [6, 6.07) is 10.9. The quantitative estimate of drug-likeness (QED) is 0.789. The Hall–Kier alpha value is -2.82. The van der Waals surface area contributed by atoms with Crippen LogP contribution in [0.2, 0.25) is 0 Å². The summed E-state index contributed by atoms with van der Waals surface area (Å²) < 4.78 is 10.8. The van der Waals surface area contributed by atoms with Crippen LogP contribution in [0, 0.1) is 20.8 Å². The molecule has 1 atom stereocenters. The van der Waals surface area contributed by atoms with E-state index in [9.17, 15) is 9.59 Å². The Kier molecular flexibility index (Phi) is 6.39. The third-order valence-electron chi connectivity index (χ3n) is 4.00. The highest BCUT2D eigenvalue weighted by atomic mass is 16.5. The highest BCUT2D eigenvalue weighted by molar-refractivity contribution is 5.96. The van der Waals surface area contributed by atoms with Crippen molar-refractivity contribution < 1.29 is 19.1 Å². The smallest absolute Gasteiger partial charge is 0.338 e. The Bertz CT molecular complexity index is 814. The molecule has 0 saturated heterocycles. The molecule has 0 bridgehead atoms.